The van der Waals surface area contributed by atoms with Crippen LogP contribution in [0.2, 0.25) is 0 Å². The van der Waals surface area contributed by atoms with Crippen molar-refractivity contribution in [3.63, 3.8) is 0 Å². The van der Waals surface area contributed by atoms with Crippen molar-refractivity contribution in [2.24, 2.45) is 0 Å². The standard InChI is InChI=1S/C10H11N3OS3/c1-5-4-16-9(11-5)13-8(14)3-7-6(2)12-10(15)17-7/h4H,3H2,1-2H3,(H,12,15)(H,11,13,14). The molecule has 0 radical (unpaired) electrons. The maximum absolute atomic E-state index is 11.8. The lowest BCUT2D eigenvalue weighted by molar-refractivity contribution is -0.115. The van der Waals surface area contributed by atoms with E-state index in [-0.39, 0.29) is 5.91 Å². The van der Waals surface area contributed by atoms with Crippen molar-refractivity contribution >= 4 is 45.9 Å². The number of hydrogen-bond acceptors (Lipinski definition) is 5. The molecule has 0 aromatic carbocycles. The van der Waals surface area contributed by atoms with E-state index in [1.807, 2.05) is 19.2 Å². The molecule has 1 amide bonds. The molecule has 0 aliphatic heterocycles. The van der Waals surface area contributed by atoms with Crippen LogP contribution in [-0.4, -0.2) is 15.9 Å². The molecule has 0 fully saturated rings. The lowest BCUT2D eigenvalue weighted by atomic mass is 10.3. The Balaban J connectivity index is 2.02. The van der Waals surface area contributed by atoms with Crippen LogP contribution < -0.4 is 5.32 Å². The summed E-state index contributed by atoms with van der Waals surface area (Å²) >= 11 is 7.90. The molecule has 2 aromatic rings. The van der Waals surface area contributed by atoms with Crippen LogP contribution in [0.15, 0.2) is 5.38 Å². The van der Waals surface area contributed by atoms with Crippen LogP contribution in [-0.2, 0) is 11.2 Å². The number of aromatic nitrogens is 2. The summed E-state index contributed by atoms with van der Waals surface area (Å²) in [6.07, 6.45) is 0.336. The molecule has 4 nitrogen and oxygen atoms in total. The Morgan fingerprint density at radius 3 is 2.88 bits per heavy atom. The second-order valence-corrected chi connectivity index (χ2v) is 6.21. The van der Waals surface area contributed by atoms with E-state index in [4.69, 9.17) is 12.2 Å². The number of nitrogens with zero attached hydrogens (tertiary/aromatic N) is 1. The molecule has 0 saturated heterocycles. The SMILES string of the molecule is Cc1csc(NC(=O)Cc2sc(=S)[nH]c2C)n1. The Morgan fingerprint density at radius 1 is 1.59 bits per heavy atom. The van der Waals surface area contributed by atoms with Crippen LogP contribution in [0.4, 0.5) is 5.13 Å². The Hall–Kier alpha value is -1.05. The third kappa shape index (κ3) is 3.21. The van der Waals surface area contributed by atoms with Crippen molar-refractivity contribution < 1.29 is 4.79 Å². The number of amides is 1. The predicted molar refractivity (Wildman–Crippen MR) is 73.4 cm³/mol. The van der Waals surface area contributed by atoms with Crippen molar-refractivity contribution in [1.29, 1.82) is 0 Å². The van der Waals surface area contributed by atoms with Crippen LogP contribution in [0, 0.1) is 17.8 Å². The molecule has 17 heavy (non-hydrogen) atoms. The van der Waals surface area contributed by atoms with E-state index in [1.54, 1.807) is 0 Å². The smallest absolute Gasteiger partial charge is 0.231 e. The van der Waals surface area contributed by atoms with E-state index >= 15 is 0 Å². The molecular weight excluding hydrogens is 274 g/mol. The van der Waals surface area contributed by atoms with E-state index in [0.717, 1.165) is 16.3 Å². The molecule has 0 aliphatic carbocycles. The minimum Gasteiger partial charge on any atom is -0.341 e. The fourth-order valence-electron chi connectivity index (χ4n) is 1.33. The number of carbonyl (C=O) groups is 1. The minimum atomic E-state index is -0.0623. The summed E-state index contributed by atoms with van der Waals surface area (Å²) in [7, 11) is 0. The Bertz CT molecular complexity index is 596. The highest BCUT2D eigenvalue weighted by Crippen LogP contribution is 2.18. The first kappa shape index (κ1) is 12.4. The molecule has 0 atom stereocenters. The summed E-state index contributed by atoms with van der Waals surface area (Å²) in [4.78, 5) is 19.9. The van der Waals surface area contributed by atoms with Crippen molar-refractivity contribution in [3.8, 4) is 0 Å². The number of anilines is 1. The maximum Gasteiger partial charge on any atom is 0.231 e. The molecule has 0 bridgehead atoms. The Morgan fingerprint density at radius 2 is 2.35 bits per heavy atom. The topological polar surface area (TPSA) is 57.8 Å². The number of rotatable bonds is 3. The van der Waals surface area contributed by atoms with Gasteiger partial charge >= 0.3 is 0 Å². The molecule has 2 N–H and O–H groups in total. The third-order valence-corrected chi connectivity index (χ3v) is 4.32. The predicted octanol–water partition coefficient (Wildman–Crippen LogP) is 3.06. The van der Waals surface area contributed by atoms with Gasteiger partial charge in [-0.2, -0.15) is 0 Å². The first-order valence-electron chi connectivity index (χ1n) is 4.95. The van der Waals surface area contributed by atoms with Crippen molar-refractivity contribution in [2.45, 2.75) is 20.3 Å². The summed E-state index contributed by atoms with van der Waals surface area (Å²) in [6.45, 7) is 3.82. The first-order valence-corrected chi connectivity index (χ1v) is 7.05. The summed E-state index contributed by atoms with van der Waals surface area (Å²) in [5, 5.41) is 5.32. The largest absolute Gasteiger partial charge is 0.341 e. The lowest BCUT2D eigenvalue weighted by Gasteiger charge is -2.00. The monoisotopic (exact) mass is 285 g/mol. The molecule has 0 aliphatic rings. The zero-order valence-electron chi connectivity index (χ0n) is 9.36. The van der Waals surface area contributed by atoms with Crippen molar-refractivity contribution in [1.82, 2.24) is 9.97 Å². The van der Waals surface area contributed by atoms with Gasteiger partial charge in [-0.25, -0.2) is 4.98 Å². The number of aromatic amines is 1. The van der Waals surface area contributed by atoms with Crippen LogP contribution in [0.25, 0.3) is 0 Å². The highest BCUT2D eigenvalue weighted by Gasteiger charge is 2.10. The van der Waals surface area contributed by atoms with Gasteiger partial charge in [-0.05, 0) is 26.1 Å². The highest BCUT2D eigenvalue weighted by molar-refractivity contribution is 7.73. The van der Waals surface area contributed by atoms with E-state index < -0.39 is 0 Å². The normalized spacial score (nSPS) is 10.5. The molecule has 0 unspecified atom stereocenters. The van der Waals surface area contributed by atoms with Gasteiger partial charge in [0.25, 0.3) is 0 Å². The molecule has 0 saturated carbocycles. The second-order valence-electron chi connectivity index (χ2n) is 3.58. The maximum atomic E-state index is 11.8. The Kier molecular flexibility index (Phi) is 3.70. The molecule has 2 aromatic heterocycles. The fourth-order valence-corrected chi connectivity index (χ4v) is 3.32. The van der Waals surface area contributed by atoms with Gasteiger partial charge in [0.15, 0.2) is 9.09 Å². The van der Waals surface area contributed by atoms with E-state index in [1.165, 1.54) is 22.7 Å². The summed E-state index contributed by atoms with van der Waals surface area (Å²) < 4.78 is 0.704. The van der Waals surface area contributed by atoms with Gasteiger partial charge in [0.1, 0.15) is 0 Å². The van der Waals surface area contributed by atoms with Gasteiger partial charge in [0.05, 0.1) is 12.1 Å². The number of thiazole rings is 2. The number of nitrogens with one attached hydrogen (secondary N) is 2. The molecule has 90 valence electrons. The minimum absolute atomic E-state index is 0.0623. The van der Waals surface area contributed by atoms with Crippen molar-refractivity contribution in [2.75, 3.05) is 5.32 Å². The first-order chi connectivity index (χ1) is 8.04. The molecular formula is C10H11N3OS3. The Labute approximate surface area is 112 Å². The fraction of sp³-hybridized carbons (Fsp3) is 0.300. The van der Waals surface area contributed by atoms with Gasteiger partial charge in [-0.3, -0.25) is 4.79 Å². The van der Waals surface area contributed by atoms with Gasteiger partial charge in [0, 0.05) is 16.0 Å². The quantitative estimate of drug-likeness (QED) is 0.852. The van der Waals surface area contributed by atoms with Crippen LogP contribution in [0.3, 0.4) is 0 Å². The summed E-state index contributed by atoms with van der Waals surface area (Å²) in [5.41, 5.74) is 1.88. The van der Waals surface area contributed by atoms with Crippen LogP contribution >= 0.6 is 34.9 Å². The number of aryl methyl sites for hydroxylation is 2. The zero-order chi connectivity index (χ0) is 12.4. The number of H-pyrrole nitrogens is 1. The van der Waals surface area contributed by atoms with Gasteiger partial charge in [0.2, 0.25) is 5.91 Å². The van der Waals surface area contributed by atoms with Gasteiger partial charge in [-0.1, -0.05) is 0 Å². The zero-order valence-corrected chi connectivity index (χ0v) is 11.8. The summed E-state index contributed by atoms with van der Waals surface area (Å²) in [5.74, 6) is -0.0623. The lowest BCUT2D eigenvalue weighted by Crippen LogP contribution is -2.14. The molecule has 2 heterocycles. The highest BCUT2D eigenvalue weighted by atomic mass is 32.1. The van der Waals surface area contributed by atoms with Crippen molar-refractivity contribution in [3.05, 3.63) is 25.6 Å². The molecule has 7 heteroatoms. The van der Waals surface area contributed by atoms with Gasteiger partial charge in [-0.15, -0.1) is 22.7 Å². The average Bonchev–Trinajstić information content (AvgIpc) is 2.74. The molecule has 0 spiro atoms. The summed E-state index contributed by atoms with van der Waals surface area (Å²) in [6, 6.07) is 0. The number of carbonyl (C=O) groups excluding carboxylic acids is 1. The van der Waals surface area contributed by atoms with Crippen LogP contribution in [0.1, 0.15) is 16.3 Å². The van der Waals surface area contributed by atoms with Gasteiger partial charge < -0.3 is 10.3 Å². The van der Waals surface area contributed by atoms with E-state index in [0.29, 0.717) is 15.5 Å². The molecule has 2 rings (SSSR count). The van der Waals surface area contributed by atoms with E-state index in [9.17, 15) is 4.79 Å². The average molecular weight is 285 g/mol. The van der Waals surface area contributed by atoms with E-state index in [2.05, 4.69) is 15.3 Å². The third-order valence-electron chi connectivity index (χ3n) is 2.11. The number of hydrogen-bond donors (Lipinski definition) is 2. The second kappa shape index (κ2) is 5.07. The van der Waals surface area contributed by atoms with Crippen LogP contribution in [0.5, 0.6) is 0 Å².